The van der Waals surface area contributed by atoms with E-state index in [0.717, 1.165) is 63.9 Å². The van der Waals surface area contributed by atoms with E-state index in [9.17, 15) is 8.42 Å². The monoisotopic (exact) mass is 430 g/mol. The lowest BCUT2D eigenvalue weighted by molar-refractivity contribution is 0.136. The van der Waals surface area contributed by atoms with E-state index in [0.29, 0.717) is 12.0 Å². The van der Waals surface area contributed by atoms with E-state index in [1.165, 1.54) is 18.4 Å². The van der Waals surface area contributed by atoms with Crippen LogP contribution in [-0.4, -0.2) is 40.2 Å². The van der Waals surface area contributed by atoms with E-state index >= 15 is 0 Å². The van der Waals surface area contributed by atoms with Crippen molar-refractivity contribution in [2.45, 2.75) is 82.6 Å². The van der Waals surface area contributed by atoms with Gasteiger partial charge in [-0.05, 0) is 56.2 Å². The first-order valence-corrected chi connectivity index (χ1v) is 13.1. The number of piperidine rings is 1. The Labute approximate surface area is 180 Å². The molecule has 0 unspecified atom stereocenters. The fourth-order valence-electron chi connectivity index (χ4n) is 4.71. The third-order valence-electron chi connectivity index (χ3n) is 6.64. The highest BCUT2D eigenvalue weighted by Gasteiger charge is 2.31. The van der Waals surface area contributed by atoms with Crippen LogP contribution in [0.3, 0.4) is 0 Å². The highest BCUT2D eigenvalue weighted by Crippen LogP contribution is 2.33. The lowest BCUT2D eigenvalue weighted by Crippen LogP contribution is -2.34. The lowest BCUT2D eigenvalue weighted by atomic mass is 9.87. The molecule has 2 aliphatic rings. The molecule has 7 heteroatoms. The molecular formula is C23H34N4O2S. The summed E-state index contributed by atoms with van der Waals surface area (Å²) in [6.45, 7) is 4.61. The fraction of sp³-hybridized carbons (Fsp3) is 0.652. The molecule has 1 atom stereocenters. The largest absolute Gasteiger partial charge is 0.318 e. The highest BCUT2D eigenvalue weighted by molar-refractivity contribution is 7.91. The van der Waals surface area contributed by atoms with Crippen molar-refractivity contribution in [1.29, 1.82) is 0 Å². The Kier molecular flexibility index (Phi) is 6.88. The molecule has 0 radical (unpaired) electrons. The number of likely N-dealkylation sites (tertiary alicyclic amines) is 1. The van der Waals surface area contributed by atoms with Gasteiger partial charge in [0, 0.05) is 31.5 Å². The van der Waals surface area contributed by atoms with E-state index in [2.05, 4.69) is 27.9 Å². The molecule has 6 nitrogen and oxygen atoms in total. The Morgan fingerprint density at radius 3 is 2.70 bits per heavy atom. The fourth-order valence-corrected chi connectivity index (χ4v) is 6.57. The first kappa shape index (κ1) is 21.5. The Hall–Kier alpha value is -1.73. The predicted molar refractivity (Wildman–Crippen MR) is 118 cm³/mol. The molecule has 2 fully saturated rings. The number of unbranched alkanes of at least 4 members (excludes halogenated alkanes) is 1. The SMILES string of the molecule is CCCCn1c(CN2CCCC[C@@H]2c2cccnc2)cnc1S(=O)(=O)CC1CCC1. The number of rotatable bonds is 9. The third-order valence-corrected chi connectivity index (χ3v) is 8.44. The third kappa shape index (κ3) is 4.78. The smallest absolute Gasteiger partial charge is 0.227 e. The van der Waals surface area contributed by atoms with Crippen LogP contribution in [0.4, 0.5) is 0 Å². The quantitative estimate of drug-likeness (QED) is 0.591. The molecule has 3 heterocycles. The van der Waals surface area contributed by atoms with Gasteiger partial charge in [0.1, 0.15) is 0 Å². The predicted octanol–water partition coefficient (Wildman–Crippen LogP) is 4.38. The van der Waals surface area contributed by atoms with Gasteiger partial charge in [-0.2, -0.15) is 0 Å². The zero-order valence-electron chi connectivity index (χ0n) is 18.0. The van der Waals surface area contributed by atoms with Gasteiger partial charge in [-0.3, -0.25) is 9.88 Å². The first-order valence-electron chi connectivity index (χ1n) is 11.5. The van der Waals surface area contributed by atoms with Gasteiger partial charge in [0.2, 0.25) is 15.0 Å². The number of aromatic nitrogens is 3. The molecule has 1 aliphatic heterocycles. The second-order valence-corrected chi connectivity index (χ2v) is 10.8. The van der Waals surface area contributed by atoms with Gasteiger partial charge in [0.25, 0.3) is 0 Å². The maximum atomic E-state index is 13.1. The topological polar surface area (TPSA) is 68.1 Å². The number of hydrogen-bond donors (Lipinski definition) is 0. The molecule has 0 aromatic carbocycles. The number of imidazole rings is 1. The summed E-state index contributed by atoms with van der Waals surface area (Å²) in [5.74, 6) is 0.560. The van der Waals surface area contributed by atoms with Crippen molar-refractivity contribution in [3.05, 3.63) is 42.0 Å². The molecule has 2 aromatic heterocycles. The number of hydrogen-bond acceptors (Lipinski definition) is 5. The van der Waals surface area contributed by atoms with E-state index in [4.69, 9.17) is 0 Å². The van der Waals surface area contributed by atoms with E-state index < -0.39 is 9.84 Å². The van der Waals surface area contributed by atoms with Gasteiger partial charge in [-0.1, -0.05) is 32.3 Å². The van der Waals surface area contributed by atoms with Crippen LogP contribution in [0.2, 0.25) is 0 Å². The Bertz CT molecular complexity index is 922. The van der Waals surface area contributed by atoms with Crippen molar-refractivity contribution in [1.82, 2.24) is 19.4 Å². The molecule has 0 spiro atoms. The Morgan fingerprint density at radius 2 is 2.00 bits per heavy atom. The van der Waals surface area contributed by atoms with Crippen LogP contribution in [0, 0.1) is 5.92 Å². The summed E-state index contributed by atoms with van der Waals surface area (Å²) in [5.41, 5.74) is 2.26. The van der Waals surface area contributed by atoms with Gasteiger partial charge >= 0.3 is 0 Å². The van der Waals surface area contributed by atoms with E-state index in [1.807, 2.05) is 23.0 Å². The minimum Gasteiger partial charge on any atom is -0.318 e. The molecular weight excluding hydrogens is 396 g/mol. The summed E-state index contributed by atoms with van der Waals surface area (Å²) >= 11 is 0. The van der Waals surface area contributed by atoms with E-state index in [-0.39, 0.29) is 10.9 Å². The van der Waals surface area contributed by atoms with Crippen LogP contribution in [0.1, 0.15) is 75.6 Å². The highest BCUT2D eigenvalue weighted by atomic mass is 32.2. The van der Waals surface area contributed by atoms with Gasteiger partial charge in [-0.25, -0.2) is 13.4 Å². The van der Waals surface area contributed by atoms with Crippen LogP contribution < -0.4 is 0 Å². The number of nitrogens with zero attached hydrogens (tertiary/aromatic N) is 4. The van der Waals surface area contributed by atoms with Crippen LogP contribution in [-0.2, 0) is 22.9 Å². The molecule has 4 rings (SSSR count). The standard InChI is InChI=1S/C23H34N4O2S/c1-2-3-14-27-21(16-25-23(27)30(28,29)18-19-8-6-9-19)17-26-13-5-4-11-22(26)20-10-7-12-24-15-20/h7,10,12,15-16,19,22H,2-6,8-9,11,13-14,17-18H2,1H3/t22-/m1/s1. The molecule has 0 bridgehead atoms. The molecule has 0 N–H and O–H groups in total. The number of pyridine rings is 1. The van der Waals surface area contributed by atoms with E-state index in [1.54, 1.807) is 6.20 Å². The summed E-state index contributed by atoms with van der Waals surface area (Å²) < 4.78 is 28.2. The van der Waals surface area contributed by atoms with Gasteiger partial charge in [0.15, 0.2) is 0 Å². The average Bonchev–Trinajstić information content (AvgIpc) is 3.14. The first-order chi connectivity index (χ1) is 14.6. The molecule has 0 amide bonds. The average molecular weight is 431 g/mol. The van der Waals surface area contributed by atoms with Crippen molar-refractivity contribution < 1.29 is 8.42 Å². The zero-order valence-corrected chi connectivity index (χ0v) is 18.9. The maximum Gasteiger partial charge on any atom is 0.227 e. The molecule has 1 saturated carbocycles. The maximum absolute atomic E-state index is 13.1. The second-order valence-electron chi connectivity index (χ2n) is 8.88. The van der Waals surface area contributed by atoms with Crippen LogP contribution >= 0.6 is 0 Å². The van der Waals surface area contributed by atoms with Gasteiger partial charge in [-0.15, -0.1) is 0 Å². The summed E-state index contributed by atoms with van der Waals surface area (Å²) in [4.78, 5) is 11.2. The Morgan fingerprint density at radius 1 is 1.13 bits per heavy atom. The minimum atomic E-state index is -3.34. The van der Waals surface area contributed by atoms with Gasteiger partial charge < -0.3 is 4.57 Å². The summed E-state index contributed by atoms with van der Waals surface area (Å²) in [6, 6.07) is 4.48. The van der Waals surface area contributed by atoms with Crippen LogP contribution in [0.25, 0.3) is 0 Å². The normalized spacial score (nSPS) is 20.9. The van der Waals surface area contributed by atoms with Crippen LogP contribution in [0.15, 0.2) is 35.9 Å². The minimum absolute atomic E-state index is 0.248. The zero-order chi connectivity index (χ0) is 21.0. The lowest BCUT2D eigenvalue weighted by Gasteiger charge is -2.36. The summed E-state index contributed by atoms with van der Waals surface area (Å²) in [7, 11) is -3.34. The molecule has 1 aliphatic carbocycles. The van der Waals surface area contributed by atoms with Crippen molar-refractivity contribution in [2.75, 3.05) is 12.3 Å². The molecule has 30 heavy (non-hydrogen) atoms. The molecule has 2 aromatic rings. The second kappa shape index (κ2) is 9.60. The van der Waals surface area contributed by atoms with Crippen LogP contribution in [0.5, 0.6) is 0 Å². The van der Waals surface area contributed by atoms with Crippen molar-refractivity contribution in [2.24, 2.45) is 5.92 Å². The van der Waals surface area contributed by atoms with Crippen molar-refractivity contribution in [3.8, 4) is 0 Å². The Balaban J connectivity index is 1.58. The summed E-state index contributed by atoms with van der Waals surface area (Å²) in [5, 5.41) is 0.285. The molecule has 164 valence electrons. The summed E-state index contributed by atoms with van der Waals surface area (Å²) in [6.07, 6.45) is 14.3. The van der Waals surface area contributed by atoms with Crippen molar-refractivity contribution in [3.63, 3.8) is 0 Å². The molecule has 1 saturated heterocycles. The number of sulfone groups is 1. The van der Waals surface area contributed by atoms with Gasteiger partial charge in [0.05, 0.1) is 17.6 Å². The van der Waals surface area contributed by atoms with Crippen molar-refractivity contribution >= 4 is 9.84 Å².